The number of nitrogens with zero attached hydrogens (tertiary/aromatic N) is 1. The van der Waals surface area contributed by atoms with E-state index in [9.17, 15) is 0 Å². The van der Waals surface area contributed by atoms with E-state index in [4.69, 9.17) is 15.3 Å². The van der Waals surface area contributed by atoms with E-state index in [-0.39, 0.29) is 0 Å². The van der Waals surface area contributed by atoms with Crippen LogP contribution in [0.3, 0.4) is 0 Å². The maximum Gasteiger partial charge on any atom is 0.0953 e. The zero-order valence-corrected chi connectivity index (χ0v) is 8.85. The molecule has 0 amide bonds. The van der Waals surface area contributed by atoms with Gasteiger partial charge in [-0.25, -0.2) is 0 Å². The minimum Gasteiger partial charge on any atom is -0.356 e. The monoisotopic (exact) mass is 214 g/mol. The highest BCUT2D eigenvalue weighted by Crippen LogP contribution is 2.53. The Balaban J connectivity index is 0.000000188. The van der Waals surface area contributed by atoms with Crippen LogP contribution in [0.25, 0.3) is 0 Å². The second-order valence-electron chi connectivity index (χ2n) is 5.64. The van der Waals surface area contributed by atoms with E-state index < -0.39 is 5.09 Å². The fourth-order valence-electron chi connectivity index (χ4n) is 4.29. The summed E-state index contributed by atoms with van der Waals surface area (Å²) >= 11 is 0. The first-order chi connectivity index (χ1) is 6.97. The van der Waals surface area contributed by atoms with Crippen molar-refractivity contribution in [2.24, 2.45) is 17.8 Å². The second kappa shape index (κ2) is 3.63. The third-order valence-corrected chi connectivity index (χ3v) is 4.17. The lowest BCUT2D eigenvalue weighted by molar-refractivity contribution is -0.504. The summed E-state index contributed by atoms with van der Waals surface area (Å²) in [5, 5.41) is 14.8. The molecule has 0 heterocycles. The summed E-state index contributed by atoms with van der Waals surface area (Å²) in [7, 11) is 0. The van der Waals surface area contributed by atoms with Crippen LogP contribution < -0.4 is 5.73 Å². The van der Waals surface area contributed by atoms with Crippen molar-refractivity contribution in [3.8, 4) is 0 Å². The molecule has 5 heteroatoms. The predicted molar refractivity (Wildman–Crippen MR) is 54.2 cm³/mol. The SMILES string of the molecule is O=[N+]([O-])[O-].[NH3+]C12CC3CC(CC(C3)C1)C2. The van der Waals surface area contributed by atoms with Gasteiger partial charge in [-0.1, -0.05) is 0 Å². The normalized spacial score (nSPS) is 45.8. The van der Waals surface area contributed by atoms with E-state index in [1.165, 1.54) is 19.3 Å². The first-order valence-corrected chi connectivity index (χ1v) is 5.64. The van der Waals surface area contributed by atoms with Crippen LogP contribution in [-0.2, 0) is 0 Å². The van der Waals surface area contributed by atoms with Gasteiger partial charge in [0.2, 0.25) is 0 Å². The van der Waals surface area contributed by atoms with Gasteiger partial charge in [-0.05, 0) is 37.0 Å². The third kappa shape index (κ3) is 2.40. The molecular weight excluding hydrogens is 196 g/mol. The molecule has 4 aliphatic rings. The molecule has 0 aromatic rings. The molecule has 3 N–H and O–H groups in total. The van der Waals surface area contributed by atoms with Crippen LogP contribution in [0, 0.1) is 33.1 Å². The Hall–Kier alpha value is -0.840. The largest absolute Gasteiger partial charge is 0.356 e. The van der Waals surface area contributed by atoms with Gasteiger partial charge < -0.3 is 21.1 Å². The lowest BCUT2D eigenvalue weighted by Gasteiger charge is -2.52. The molecule has 4 saturated carbocycles. The standard InChI is InChI=1S/C10H17N.NO3/c11-10-4-7-1-8(5-10)3-9(2-7)6-10;2-1(3)4/h7-9H,1-6,11H2;/q;-1/p+1. The van der Waals surface area contributed by atoms with Crippen molar-refractivity contribution < 1.29 is 10.8 Å². The van der Waals surface area contributed by atoms with E-state index in [2.05, 4.69) is 5.73 Å². The quantitative estimate of drug-likeness (QED) is 0.480. The maximum atomic E-state index is 8.25. The highest BCUT2D eigenvalue weighted by molar-refractivity contribution is 5.00. The minimum absolute atomic E-state index is 0.550. The molecule has 4 aliphatic carbocycles. The Bertz CT molecular complexity index is 228. The Labute approximate surface area is 88.8 Å². The van der Waals surface area contributed by atoms with Gasteiger partial charge in [0.15, 0.2) is 0 Å². The van der Waals surface area contributed by atoms with Crippen molar-refractivity contribution in [2.75, 3.05) is 0 Å². The zero-order chi connectivity index (χ0) is 11.1. The molecule has 0 aromatic carbocycles. The molecule has 0 aliphatic heterocycles. The average molecular weight is 214 g/mol. The number of quaternary nitrogens is 1. The molecule has 86 valence electrons. The molecule has 4 bridgehead atoms. The Morgan fingerprint density at radius 1 is 1.00 bits per heavy atom. The first-order valence-electron chi connectivity index (χ1n) is 5.64. The van der Waals surface area contributed by atoms with Gasteiger partial charge in [-0.3, -0.25) is 0 Å². The number of hydrogen-bond acceptors (Lipinski definition) is 3. The van der Waals surface area contributed by atoms with Gasteiger partial charge in [0.25, 0.3) is 0 Å². The molecule has 5 nitrogen and oxygen atoms in total. The topological polar surface area (TPSA) is 93.8 Å². The number of rotatable bonds is 0. The molecule has 0 atom stereocenters. The summed E-state index contributed by atoms with van der Waals surface area (Å²) in [6.07, 6.45) is 9.02. The van der Waals surface area contributed by atoms with Crippen LogP contribution in [0.1, 0.15) is 38.5 Å². The van der Waals surface area contributed by atoms with E-state index in [0.717, 1.165) is 17.8 Å². The summed E-state index contributed by atoms with van der Waals surface area (Å²) in [6, 6.07) is 0. The van der Waals surface area contributed by atoms with Gasteiger partial charge in [0.05, 0.1) is 10.6 Å². The highest BCUT2D eigenvalue weighted by atomic mass is 16.9. The van der Waals surface area contributed by atoms with Gasteiger partial charge in [0, 0.05) is 19.3 Å². The van der Waals surface area contributed by atoms with Crippen LogP contribution >= 0.6 is 0 Å². The van der Waals surface area contributed by atoms with E-state index >= 15 is 0 Å². The second-order valence-corrected chi connectivity index (χ2v) is 5.64. The van der Waals surface area contributed by atoms with Gasteiger partial charge >= 0.3 is 0 Å². The first kappa shape index (κ1) is 10.7. The van der Waals surface area contributed by atoms with Crippen LogP contribution in [0.5, 0.6) is 0 Å². The molecule has 0 aromatic heterocycles. The number of hydrogen-bond donors (Lipinski definition) is 1. The molecule has 0 spiro atoms. The van der Waals surface area contributed by atoms with Crippen LogP contribution in [0.4, 0.5) is 0 Å². The summed E-state index contributed by atoms with van der Waals surface area (Å²) in [5.74, 6) is 3.25. The van der Waals surface area contributed by atoms with E-state index in [1.807, 2.05) is 0 Å². The molecule has 0 radical (unpaired) electrons. The summed E-state index contributed by atoms with van der Waals surface area (Å²) < 4.78 is 0. The van der Waals surface area contributed by atoms with E-state index in [1.54, 1.807) is 19.3 Å². The molecule has 4 fully saturated rings. The van der Waals surface area contributed by atoms with Gasteiger partial charge in [-0.2, -0.15) is 0 Å². The molecular formula is C10H18N2O3. The fraction of sp³-hybridized carbons (Fsp3) is 1.00. The lowest BCUT2D eigenvalue weighted by Crippen LogP contribution is -2.77. The molecule has 0 unspecified atom stereocenters. The summed E-state index contributed by atoms with van der Waals surface area (Å²) in [6.45, 7) is 0. The van der Waals surface area contributed by atoms with E-state index in [0.29, 0.717) is 5.54 Å². The van der Waals surface area contributed by atoms with Crippen LogP contribution in [-0.4, -0.2) is 10.6 Å². The zero-order valence-electron chi connectivity index (χ0n) is 8.85. The lowest BCUT2D eigenvalue weighted by atomic mass is 9.53. The van der Waals surface area contributed by atoms with Crippen LogP contribution in [0.15, 0.2) is 0 Å². The summed E-state index contributed by atoms with van der Waals surface area (Å²) in [5.41, 5.74) is 4.98. The van der Waals surface area contributed by atoms with Crippen molar-refractivity contribution in [1.82, 2.24) is 0 Å². The summed E-state index contributed by atoms with van der Waals surface area (Å²) in [4.78, 5) is 8.25. The smallest absolute Gasteiger partial charge is 0.0953 e. The van der Waals surface area contributed by atoms with Gasteiger partial charge in [-0.15, -0.1) is 0 Å². The molecule has 15 heavy (non-hydrogen) atoms. The van der Waals surface area contributed by atoms with Crippen LogP contribution in [0.2, 0.25) is 0 Å². The minimum atomic E-state index is -1.75. The average Bonchev–Trinajstić information content (AvgIpc) is 1.96. The van der Waals surface area contributed by atoms with Crippen molar-refractivity contribution in [2.45, 2.75) is 44.1 Å². The fourth-order valence-corrected chi connectivity index (χ4v) is 4.29. The Morgan fingerprint density at radius 3 is 1.47 bits per heavy atom. The molecule has 4 rings (SSSR count). The van der Waals surface area contributed by atoms with Crippen molar-refractivity contribution >= 4 is 0 Å². The van der Waals surface area contributed by atoms with Crippen molar-refractivity contribution in [3.63, 3.8) is 0 Å². The maximum absolute atomic E-state index is 8.25. The third-order valence-electron chi connectivity index (χ3n) is 4.17. The Morgan fingerprint density at radius 2 is 1.27 bits per heavy atom. The van der Waals surface area contributed by atoms with Crippen molar-refractivity contribution in [3.05, 3.63) is 15.3 Å². The van der Waals surface area contributed by atoms with Gasteiger partial charge in [0.1, 0.15) is 0 Å². The molecule has 0 saturated heterocycles. The van der Waals surface area contributed by atoms with Crippen molar-refractivity contribution in [1.29, 1.82) is 0 Å². The predicted octanol–water partition coefficient (Wildman–Crippen LogP) is 0.958. The highest BCUT2D eigenvalue weighted by Gasteiger charge is 2.51. The Kier molecular flexibility index (Phi) is 2.58.